The third-order valence-corrected chi connectivity index (χ3v) is 3.41. The highest BCUT2D eigenvalue weighted by atomic mass is 16.5. The Kier molecular flexibility index (Phi) is 2.65. The van der Waals surface area contributed by atoms with Crippen LogP contribution in [0.15, 0.2) is 16.5 Å². The zero-order valence-electron chi connectivity index (χ0n) is 9.47. The summed E-state index contributed by atoms with van der Waals surface area (Å²) in [6.45, 7) is 0.751. The molecular formula is C10H17N5O2. The zero-order valence-corrected chi connectivity index (χ0v) is 9.47. The van der Waals surface area contributed by atoms with Gasteiger partial charge in [0.05, 0.1) is 31.4 Å². The van der Waals surface area contributed by atoms with Crippen molar-refractivity contribution < 1.29 is 9.84 Å². The summed E-state index contributed by atoms with van der Waals surface area (Å²) in [6.07, 6.45) is 3.29. The fourth-order valence-electron chi connectivity index (χ4n) is 2.49. The van der Waals surface area contributed by atoms with Crippen molar-refractivity contribution in [2.24, 2.45) is 10.7 Å². The van der Waals surface area contributed by atoms with E-state index in [9.17, 15) is 0 Å². The molecule has 3 atom stereocenters. The third kappa shape index (κ3) is 1.76. The number of fused-ring (bicyclic) bond motifs is 1. The molecule has 1 unspecified atom stereocenters. The maximum atomic E-state index is 9.07. The van der Waals surface area contributed by atoms with Crippen LogP contribution in [-0.4, -0.2) is 48.1 Å². The molecule has 3 rings (SSSR count). The van der Waals surface area contributed by atoms with Crippen LogP contribution in [0.2, 0.25) is 0 Å². The van der Waals surface area contributed by atoms with Gasteiger partial charge in [-0.2, -0.15) is 0 Å². The number of aliphatic hydroxyl groups excluding tert-OH is 1. The number of nitrogens with two attached hydrogens (primary N) is 1. The van der Waals surface area contributed by atoms with Crippen molar-refractivity contribution in [1.29, 1.82) is 0 Å². The van der Waals surface area contributed by atoms with Crippen molar-refractivity contribution >= 4 is 6.34 Å². The fourth-order valence-corrected chi connectivity index (χ4v) is 2.49. The van der Waals surface area contributed by atoms with E-state index in [2.05, 4.69) is 20.5 Å². The van der Waals surface area contributed by atoms with Gasteiger partial charge in [0.2, 0.25) is 0 Å². The normalized spacial score (nSPS) is 36.9. The van der Waals surface area contributed by atoms with Gasteiger partial charge in [-0.25, -0.2) is 9.89 Å². The molecule has 0 spiro atoms. The number of ether oxygens (including phenoxy) is 1. The van der Waals surface area contributed by atoms with E-state index in [1.165, 1.54) is 0 Å². The molecule has 0 aromatic heterocycles. The largest absolute Gasteiger partial charge is 0.394 e. The molecule has 2 fully saturated rings. The number of hydrogen-bond donors (Lipinski definition) is 4. The lowest BCUT2D eigenvalue weighted by Gasteiger charge is -2.27. The minimum Gasteiger partial charge on any atom is -0.394 e. The van der Waals surface area contributed by atoms with Gasteiger partial charge in [-0.1, -0.05) is 0 Å². The molecule has 2 saturated heterocycles. The van der Waals surface area contributed by atoms with Gasteiger partial charge in [-0.3, -0.25) is 0 Å². The van der Waals surface area contributed by atoms with Gasteiger partial charge in [0.25, 0.3) is 0 Å². The van der Waals surface area contributed by atoms with E-state index in [1.54, 1.807) is 6.34 Å². The highest BCUT2D eigenvalue weighted by molar-refractivity contribution is 5.60. The van der Waals surface area contributed by atoms with Crippen LogP contribution < -0.4 is 16.4 Å². The molecule has 0 amide bonds. The van der Waals surface area contributed by atoms with Gasteiger partial charge < -0.3 is 26.2 Å². The van der Waals surface area contributed by atoms with Gasteiger partial charge in [-0.15, -0.1) is 0 Å². The Morgan fingerprint density at radius 3 is 3.24 bits per heavy atom. The molecule has 0 bridgehead atoms. The maximum Gasteiger partial charge on any atom is 0.151 e. The summed E-state index contributed by atoms with van der Waals surface area (Å²) in [5.41, 5.74) is 6.75. The van der Waals surface area contributed by atoms with Crippen LogP contribution in [-0.2, 0) is 4.74 Å². The second-order valence-corrected chi connectivity index (χ2v) is 4.45. The van der Waals surface area contributed by atoms with Gasteiger partial charge in [0.15, 0.2) is 6.17 Å². The highest BCUT2D eigenvalue weighted by Gasteiger charge is 2.40. The topological polar surface area (TPSA) is 95.1 Å². The number of hydrogen-bond acceptors (Lipinski definition) is 7. The zero-order chi connectivity index (χ0) is 11.8. The molecule has 3 aliphatic rings. The van der Waals surface area contributed by atoms with Crippen LogP contribution in [0.25, 0.3) is 0 Å². The average molecular weight is 239 g/mol. The van der Waals surface area contributed by atoms with Crippen molar-refractivity contribution in [3.63, 3.8) is 0 Å². The summed E-state index contributed by atoms with van der Waals surface area (Å²) in [5, 5.41) is 15.2. The molecule has 0 aromatic rings. The first-order valence-electron chi connectivity index (χ1n) is 5.83. The number of nitrogens with one attached hydrogen (secondary N) is 2. The Hall–Kier alpha value is -1.31. The van der Waals surface area contributed by atoms with E-state index in [4.69, 9.17) is 15.6 Å². The molecule has 0 radical (unpaired) electrons. The van der Waals surface area contributed by atoms with Crippen molar-refractivity contribution in [1.82, 2.24) is 15.5 Å². The SMILES string of the molecule is NC1=C2NCN([C@H]3CC[C@@H](CO)O3)C2N=CN1. The Labute approximate surface area is 99.3 Å². The van der Waals surface area contributed by atoms with Crippen LogP contribution in [0.1, 0.15) is 12.8 Å². The average Bonchev–Trinajstić information content (AvgIpc) is 2.94. The Balaban J connectivity index is 1.74. The van der Waals surface area contributed by atoms with E-state index < -0.39 is 0 Å². The molecular weight excluding hydrogens is 222 g/mol. The summed E-state index contributed by atoms with van der Waals surface area (Å²) < 4.78 is 5.76. The van der Waals surface area contributed by atoms with E-state index in [1.807, 2.05) is 0 Å². The van der Waals surface area contributed by atoms with Gasteiger partial charge >= 0.3 is 0 Å². The summed E-state index contributed by atoms with van der Waals surface area (Å²) in [6, 6.07) is 0. The highest BCUT2D eigenvalue weighted by Crippen LogP contribution is 2.29. The standard InChI is InChI=1S/C10H17N5O2/c11-9-8-10(13-4-12-9)15(5-14-8)7-2-1-6(3-16)17-7/h4,6-7,10,14,16H,1-3,5,11H2,(H,12,13)/t6-,7+,10?/m0/s1. The molecule has 17 heavy (non-hydrogen) atoms. The predicted molar refractivity (Wildman–Crippen MR) is 61.5 cm³/mol. The lowest BCUT2D eigenvalue weighted by Crippen LogP contribution is -2.41. The molecule has 7 nitrogen and oxygen atoms in total. The summed E-state index contributed by atoms with van der Waals surface area (Å²) in [7, 11) is 0. The molecule has 0 aromatic carbocycles. The number of aliphatic imine (C=N–C) groups is 1. The quantitative estimate of drug-likeness (QED) is 0.465. The van der Waals surface area contributed by atoms with Crippen molar-refractivity contribution in [2.75, 3.05) is 13.3 Å². The molecule has 5 N–H and O–H groups in total. The van der Waals surface area contributed by atoms with Crippen LogP contribution in [0.4, 0.5) is 0 Å². The van der Waals surface area contributed by atoms with E-state index in [-0.39, 0.29) is 25.1 Å². The van der Waals surface area contributed by atoms with Crippen LogP contribution in [0.5, 0.6) is 0 Å². The molecule has 0 aliphatic carbocycles. The Morgan fingerprint density at radius 1 is 1.59 bits per heavy atom. The second-order valence-electron chi connectivity index (χ2n) is 4.45. The Bertz CT molecular complexity index is 370. The van der Waals surface area contributed by atoms with Crippen LogP contribution in [0, 0.1) is 0 Å². The Morgan fingerprint density at radius 2 is 2.47 bits per heavy atom. The molecule has 0 saturated carbocycles. The number of nitrogens with zero attached hydrogens (tertiary/aromatic N) is 2. The minimum atomic E-state index is -0.0845. The second kappa shape index (κ2) is 4.17. The van der Waals surface area contributed by atoms with Crippen LogP contribution in [0.3, 0.4) is 0 Å². The predicted octanol–water partition coefficient (Wildman–Crippen LogP) is -1.57. The molecule has 7 heteroatoms. The van der Waals surface area contributed by atoms with Crippen LogP contribution >= 0.6 is 0 Å². The first-order valence-corrected chi connectivity index (χ1v) is 5.83. The smallest absolute Gasteiger partial charge is 0.151 e. The maximum absolute atomic E-state index is 9.07. The summed E-state index contributed by atoms with van der Waals surface area (Å²) >= 11 is 0. The fraction of sp³-hybridized carbons (Fsp3) is 0.700. The first kappa shape index (κ1) is 10.8. The molecule has 3 heterocycles. The molecule has 94 valence electrons. The van der Waals surface area contributed by atoms with E-state index >= 15 is 0 Å². The van der Waals surface area contributed by atoms with Crippen molar-refractivity contribution in [3.05, 3.63) is 11.5 Å². The van der Waals surface area contributed by atoms with E-state index in [0.29, 0.717) is 12.5 Å². The van der Waals surface area contributed by atoms with E-state index in [0.717, 1.165) is 18.5 Å². The van der Waals surface area contributed by atoms with Gasteiger partial charge in [-0.05, 0) is 12.8 Å². The first-order chi connectivity index (χ1) is 8.29. The lowest BCUT2D eigenvalue weighted by molar-refractivity contribution is -0.0707. The number of aliphatic hydroxyl groups is 1. The minimum absolute atomic E-state index is 0.00481. The van der Waals surface area contributed by atoms with Gasteiger partial charge in [0, 0.05) is 0 Å². The number of rotatable bonds is 2. The monoisotopic (exact) mass is 239 g/mol. The summed E-state index contributed by atoms with van der Waals surface area (Å²) in [4.78, 5) is 6.49. The molecule has 3 aliphatic heterocycles. The third-order valence-electron chi connectivity index (χ3n) is 3.41. The van der Waals surface area contributed by atoms with Crippen molar-refractivity contribution in [2.45, 2.75) is 31.3 Å². The summed E-state index contributed by atoms with van der Waals surface area (Å²) in [5.74, 6) is 0.615. The van der Waals surface area contributed by atoms with Crippen molar-refractivity contribution in [3.8, 4) is 0 Å². The lowest BCUT2D eigenvalue weighted by atomic mass is 10.2. The van der Waals surface area contributed by atoms with Gasteiger partial charge in [0.1, 0.15) is 12.0 Å².